The number of aromatic amines is 1. The smallest absolute Gasteiger partial charge is 0.221 e. The summed E-state index contributed by atoms with van der Waals surface area (Å²) in [6.45, 7) is 4.17. The summed E-state index contributed by atoms with van der Waals surface area (Å²) in [5.74, 6) is -0.0432. The summed E-state index contributed by atoms with van der Waals surface area (Å²) >= 11 is 6.13. The monoisotopic (exact) mass is 430 g/mol. The van der Waals surface area contributed by atoms with Crippen LogP contribution in [0.5, 0.6) is 0 Å². The van der Waals surface area contributed by atoms with E-state index in [0.717, 1.165) is 28.6 Å². The molecule has 0 fully saturated rings. The van der Waals surface area contributed by atoms with Crippen molar-refractivity contribution in [3.05, 3.63) is 106 Å². The number of halogens is 1. The highest BCUT2D eigenvalue weighted by molar-refractivity contribution is 6.30. The van der Waals surface area contributed by atoms with Crippen LogP contribution in [-0.2, 0) is 11.2 Å². The second-order valence-electron chi connectivity index (χ2n) is 7.95. The molecule has 2 atom stereocenters. The van der Waals surface area contributed by atoms with Crippen molar-refractivity contribution in [2.75, 3.05) is 0 Å². The minimum Gasteiger partial charge on any atom is -0.361 e. The first-order valence-corrected chi connectivity index (χ1v) is 11.1. The average molecular weight is 431 g/mol. The van der Waals surface area contributed by atoms with Gasteiger partial charge in [-0.1, -0.05) is 79.2 Å². The van der Waals surface area contributed by atoms with Gasteiger partial charge in [-0.3, -0.25) is 4.79 Å². The lowest BCUT2D eigenvalue weighted by Gasteiger charge is -2.20. The van der Waals surface area contributed by atoms with E-state index in [9.17, 15) is 4.79 Å². The van der Waals surface area contributed by atoms with Crippen LogP contribution < -0.4 is 5.32 Å². The average Bonchev–Trinajstić information content (AvgIpc) is 3.23. The number of carbonyl (C=O) groups excluding carboxylic acids is 1. The number of fused-ring (bicyclic) bond motifs is 1. The van der Waals surface area contributed by atoms with E-state index in [-0.39, 0.29) is 17.9 Å². The topological polar surface area (TPSA) is 44.9 Å². The molecule has 4 rings (SSSR count). The van der Waals surface area contributed by atoms with Gasteiger partial charge in [-0.05, 0) is 47.7 Å². The number of amides is 1. The number of carbonyl (C=O) groups is 1. The Labute approximate surface area is 188 Å². The molecule has 0 aliphatic heterocycles. The molecule has 3 nitrogen and oxygen atoms in total. The van der Waals surface area contributed by atoms with Crippen molar-refractivity contribution in [2.45, 2.75) is 38.6 Å². The van der Waals surface area contributed by atoms with Gasteiger partial charge in [-0.15, -0.1) is 0 Å². The Morgan fingerprint density at radius 1 is 0.968 bits per heavy atom. The molecule has 31 heavy (non-hydrogen) atoms. The quantitative estimate of drug-likeness (QED) is 0.333. The van der Waals surface area contributed by atoms with Crippen molar-refractivity contribution in [2.24, 2.45) is 0 Å². The van der Waals surface area contributed by atoms with E-state index in [1.807, 2.05) is 61.5 Å². The standard InChI is InChI=1S/C27H27ClN2O/c1-3-19-10-7-11-23-25(17-29-27(19)23)24(21-12-14-22(28)15-13-21)16-26(31)30-18(2)20-8-5-4-6-9-20/h4-15,17-18,24,29H,3,16H2,1-2H3,(H,30,31)/t18-,24+/m1/s1. The van der Waals surface area contributed by atoms with E-state index in [2.05, 4.69) is 41.6 Å². The van der Waals surface area contributed by atoms with Gasteiger partial charge in [0.2, 0.25) is 5.91 Å². The Bertz CT molecular complexity index is 1170. The third-order valence-corrected chi connectivity index (χ3v) is 6.18. The molecule has 0 saturated heterocycles. The third kappa shape index (κ3) is 4.67. The van der Waals surface area contributed by atoms with Crippen molar-refractivity contribution in [1.82, 2.24) is 10.3 Å². The molecular weight excluding hydrogens is 404 g/mol. The van der Waals surface area contributed by atoms with E-state index in [0.29, 0.717) is 11.4 Å². The summed E-state index contributed by atoms with van der Waals surface area (Å²) in [6, 6.07) is 24.2. The molecule has 1 aromatic heterocycles. The van der Waals surface area contributed by atoms with Crippen LogP contribution in [0.2, 0.25) is 5.02 Å². The van der Waals surface area contributed by atoms with Crippen LogP contribution in [0, 0.1) is 0 Å². The first-order valence-electron chi connectivity index (χ1n) is 10.8. The van der Waals surface area contributed by atoms with Gasteiger partial charge in [0.1, 0.15) is 0 Å². The molecule has 0 radical (unpaired) electrons. The number of para-hydroxylation sites is 1. The van der Waals surface area contributed by atoms with E-state index >= 15 is 0 Å². The predicted molar refractivity (Wildman–Crippen MR) is 129 cm³/mol. The Morgan fingerprint density at radius 3 is 2.42 bits per heavy atom. The minimum atomic E-state index is -0.0684. The number of aromatic nitrogens is 1. The highest BCUT2D eigenvalue weighted by Gasteiger charge is 2.23. The Morgan fingerprint density at radius 2 is 1.71 bits per heavy atom. The molecule has 4 aromatic rings. The van der Waals surface area contributed by atoms with E-state index in [1.54, 1.807) is 0 Å². The maximum absolute atomic E-state index is 13.1. The number of aryl methyl sites for hydroxylation is 1. The van der Waals surface area contributed by atoms with Gasteiger partial charge < -0.3 is 10.3 Å². The van der Waals surface area contributed by atoms with Crippen LogP contribution in [0.25, 0.3) is 10.9 Å². The Hall–Kier alpha value is -3.04. The Balaban J connectivity index is 1.66. The van der Waals surface area contributed by atoms with Gasteiger partial charge >= 0.3 is 0 Å². The second kappa shape index (κ2) is 9.40. The Kier molecular flexibility index (Phi) is 6.43. The number of hydrogen-bond acceptors (Lipinski definition) is 1. The molecule has 0 aliphatic rings. The number of hydrogen-bond donors (Lipinski definition) is 2. The van der Waals surface area contributed by atoms with E-state index in [1.165, 1.54) is 10.9 Å². The zero-order valence-corrected chi connectivity index (χ0v) is 18.6. The molecule has 1 heterocycles. The number of H-pyrrole nitrogens is 1. The minimum absolute atomic E-state index is 0.0253. The lowest BCUT2D eigenvalue weighted by atomic mass is 9.87. The highest BCUT2D eigenvalue weighted by atomic mass is 35.5. The third-order valence-electron chi connectivity index (χ3n) is 5.93. The summed E-state index contributed by atoms with van der Waals surface area (Å²) in [6.07, 6.45) is 3.37. The summed E-state index contributed by atoms with van der Waals surface area (Å²) in [4.78, 5) is 16.5. The lowest BCUT2D eigenvalue weighted by molar-refractivity contribution is -0.121. The summed E-state index contributed by atoms with van der Waals surface area (Å²) < 4.78 is 0. The maximum atomic E-state index is 13.1. The van der Waals surface area contributed by atoms with E-state index < -0.39 is 0 Å². The fourth-order valence-corrected chi connectivity index (χ4v) is 4.36. The maximum Gasteiger partial charge on any atom is 0.221 e. The van der Waals surface area contributed by atoms with Crippen LogP contribution in [0.4, 0.5) is 0 Å². The summed E-state index contributed by atoms with van der Waals surface area (Å²) in [5.41, 5.74) is 5.74. The van der Waals surface area contributed by atoms with Gasteiger partial charge in [0.15, 0.2) is 0 Å². The first-order chi connectivity index (χ1) is 15.1. The molecule has 0 spiro atoms. The molecule has 2 N–H and O–H groups in total. The molecule has 158 valence electrons. The largest absolute Gasteiger partial charge is 0.361 e. The molecule has 0 unspecified atom stereocenters. The zero-order valence-electron chi connectivity index (χ0n) is 17.9. The van der Waals surface area contributed by atoms with Gasteiger partial charge in [-0.25, -0.2) is 0 Å². The number of nitrogens with one attached hydrogen (secondary N) is 2. The molecular formula is C27H27ClN2O. The normalized spacial score (nSPS) is 13.1. The van der Waals surface area contributed by atoms with Gasteiger partial charge in [0.25, 0.3) is 0 Å². The van der Waals surface area contributed by atoms with Crippen LogP contribution in [0.15, 0.2) is 79.0 Å². The number of rotatable bonds is 7. The molecule has 0 saturated carbocycles. The van der Waals surface area contributed by atoms with Gasteiger partial charge in [0.05, 0.1) is 6.04 Å². The summed E-state index contributed by atoms with van der Waals surface area (Å²) in [7, 11) is 0. The molecule has 0 bridgehead atoms. The zero-order chi connectivity index (χ0) is 21.8. The van der Waals surface area contributed by atoms with Crippen LogP contribution in [0.3, 0.4) is 0 Å². The molecule has 4 heteroatoms. The SMILES string of the molecule is CCc1cccc2c([C@@H](CC(=O)N[C@H](C)c3ccccc3)c3ccc(Cl)cc3)c[nH]c12. The lowest BCUT2D eigenvalue weighted by Crippen LogP contribution is -2.28. The van der Waals surface area contributed by atoms with E-state index in [4.69, 9.17) is 11.6 Å². The molecule has 3 aromatic carbocycles. The van der Waals surface area contributed by atoms with Crippen molar-refractivity contribution in [1.29, 1.82) is 0 Å². The second-order valence-corrected chi connectivity index (χ2v) is 8.38. The van der Waals surface area contributed by atoms with Crippen molar-refractivity contribution >= 4 is 28.4 Å². The highest BCUT2D eigenvalue weighted by Crippen LogP contribution is 2.35. The molecule has 1 amide bonds. The molecule has 0 aliphatic carbocycles. The van der Waals surface area contributed by atoms with Gasteiger partial charge in [0, 0.05) is 34.5 Å². The van der Waals surface area contributed by atoms with Crippen LogP contribution in [-0.4, -0.2) is 10.9 Å². The van der Waals surface area contributed by atoms with Crippen molar-refractivity contribution in [3.63, 3.8) is 0 Å². The first kappa shape index (κ1) is 21.2. The predicted octanol–water partition coefficient (Wildman–Crippen LogP) is 6.78. The summed E-state index contributed by atoms with van der Waals surface area (Å²) in [5, 5.41) is 5.03. The fourth-order valence-electron chi connectivity index (χ4n) is 4.24. The van der Waals surface area contributed by atoms with Crippen molar-refractivity contribution < 1.29 is 4.79 Å². The van der Waals surface area contributed by atoms with Crippen LogP contribution in [0.1, 0.15) is 54.5 Å². The van der Waals surface area contributed by atoms with Crippen molar-refractivity contribution in [3.8, 4) is 0 Å². The number of benzene rings is 3. The fraction of sp³-hybridized carbons (Fsp3) is 0.222. The van der Waals surface area contributed by atoms with Crippen LogP contribution >= 0.6 is 11.6 Å². The van der Waals surface area contributed by atoms with Gasteiger partial charge in [-0.2, -0.15) is 0 Å².